The van der Waals surface area contributed by atoms with Gasteiger partial charge in [-0.25, -0.2) is 4.79 Å². The summed E-state index contributed by atoms with van der Waals surface area (Å²) < 4.78 is 21.3. The van der Waals surface area contributed by atoms with Gasteiger partial charge in [0, 0.05) is 22.4 Å². The smallest absolute Gasteiger partial charge is 0.355 e. The summed E-state index contributed by atoms with van der Waals surface area (Å²) in [5.74, 6) is 0.895. The highest BCUT2D eigenvalue weighted by molar-refractivity contribution is 5.94. The van der Waals surface area contributed by atoms with Crippen LogP contribution in [0, 0.1) is 6.92 Å². The average Bonchev–Trinajstić information content (AvgIpc) is 2.96. The third-order valence-corrected chi connectivity index (χ3v) is 3.90. The molecule has 2 aromatic rings. The predicted molar refractivity (Wildman–Crippen MR) is 92.5 cm³/mol. The number of aromatic nitrogens is 1. The molecule has 0 aliphatic carbocycles. The van der Waals surface area contributed by atoms with Crippen LogP contribution in [0.2, 0.25) is 0 Å². The highest BCUT2D eigenvalue weighted by Gasteiger charge is 2.26. The van der Waals surface area contributed by atoms with E-state index in [1.54, 1.807) is 19.1 Å². The van der Waals surface area contributed by atoms with Crippen molar-refractivity contribution in [3.05, 3.63) is 29.1 Å². The molecular formula is C18H23NO6. The lowest BCUT2D eigenvalue weighted by Gasteiger charge is -2.16. The molecule has 0 fully saturated rings. The van der Waals surface area contributed by atoms with Crippen molar-refractivity contribution in [3.8, 4) is 28.4 Å². The van der Waals surface area contributed by atoms with Crippen LogP contribution in [-0.4, -0.2) is 44.0 Å². The molecule has 0 aliphatic heterocycles. The molecule has 0 radical (unpaired) electrons. The first kappa shape index (κ1) is 18.7. The van der Waals surface area contributed by atoms with Gasteiger partial charge >= 0.3 is 5.97 Å². The molecule has 0 atom stereocenters. The Balaban J connectivity index is 2.72. The number of esters is 1. The minimum Gasteiger partial charge on any atom is -0.493 e. The maximum Gasteiger partial charge on any atom is 0.355 e. The number of rotatable bonds is 7. The number of hydrogen-bond acceptors (Lipinski definition) is 6. The number of methoxy groups -OCH3 is 3. The van der Waals surface area contributed by atoms with Gasteiger partial charge in [-0.15, -0.1) is 0 Å². The number of aromatic amines is 1. The number of aliphatic hydroxyl groups excluding tert-OH is 1. The molecule has 0 unspecified atom stereocenters. The molecule has 0 saturated heterocycles. The Labute approximate surface area is 146 Å². The van der Waals surface area contributed by atoms with Gasteiger partial charge in [0.15, 0.2) is 11.5 Å². The van der Waals surface area contributed by atoms with E-state index in [0.717, 1.165) is 0 Å². The first-order valence-electron chi connectivity index (χ1n) is 7.82. The number of carbonyl (C=O) groups is 1. The maximum atomic E-state index is 12.2. The Kier molecular flexibility index (Phi) is 5.93. The maximum absolute atomic E-state index is 12.2. The number of hydrogen-bond donors (Lipinski definition) is 2. The van der Waals surface area contributed by atoms with E-state index in [4.69, 9.17) is 18.9 Å². The minimum atomic E-state index is -0.514. The molecule has 2 rings (SSSR count). The Bertz CT molecular complexity index is 765. The lowest BCUT2D eigenvalue weighted by molar-refractivity contribution is 0.0516. The SMILES string of the molecule is CCOC(=O)c1[nH]c(C)c(-c2ccc(OC)c(OC)c2OC)c1CO. The second-order valence-electron chi connectivity index (χ2n) is 5.24. The summed E-state index contributed by atoms with van der Waals surface area (Å²) in [6.45, 7) is 3.46. The molecule has 0 aliphatic rings. The molecule has 0 saturated carbocycles. The quantitative estimate of drug-likeness (QED) is 0.747. The van der Waals surface area contributed by atoms with Crippen molar-refractivity contribution in [1.29, 1.82) is 0 Å². The lowest BCUT2D eigenvalue weighted by Crippen LogP contribution is -2.08. The van der Waals surface area contributed by atoms with Crippen LogP contribution in [0.4, 0.5) is 0 Å². The summed E-state index contributed by atoms with van der Waals surface area (Å²) in [5, 5.41) is 9.86. The fourth-order valence-corrected chi connectivity index (χ4v) is 2.88. The zero-order valence-corrected chi connectivity index (χ0v) is 15.1. The monoisotopic (exact) mass is 349 g/mol. The van der Waals surface area contributed by atoms with E-state index in [1.807, 2.05) is 6.92 Å². The van der Waals surface area contributed by atoms with E-state index in [1.165, 1.54) is 21.3 Å². The van der Waals surface area contributed by atoms with Crippen molar-refractivity contribution in [1.82, 2.24) is 4.98 Å². The molecule has 2 N–H and O–H groups in total. The second-order valence-corrected chi connectivity index (χ2v) is 5.24. The van der Waals surface area contributed by atoms with Gasteiger partial charge in [0.05, 0.1) is 34.5 Å². The van der Waals surface area contributed by atoms with Crippen LogP contribution in [0.3, 0.4) is 0 Å². The van der Waals surface area contributed by atoms with Gasteiger partial charge in [0.1, 0.15) is 5.69 Å². The van der Waals surface area contributed by atoms with Crippen LogP contribution in [-0.2, 0) is 11.3 Å². The molecule has 0 amide bonds. The third kappa shape index (κ3) is 3.28. The van der Waals surface area contributed by atoms with Crippen molar-refractivity contribution in [3.63, 3.8) is 0 Å². The van der Waals surface area contributed by atoms with Crippen LogP contribution in [0.15, 0.2) is 12.1 Å². The molecule has 1 heterocycles. The van der Waals surface area contributed by atoms with Gasteiger partial charge < -0.3 is 29.0 Å². The van der Waals surface area contributed by atoms with Gasteiger partial charge in [-0.2, -0.15) is 0 Å². The summed E-state index contributed by atoms with van der Waals surface area (Å²) in [6.07, 6.45) is 0. The molecular weight excluding hydrogens is 326 g/mol. The summed E-state index contributed by atoms with van der Waals surface area (Å²) in [7, 11) is 4.58. The van der Waals surface area contributed by atoms with E-state index < -0.39 is 5.97 Å². The standard InChI is InChI=1S/C18H23NO6/c1-6-25-18(21)15-12(9-20)14(10(2)19-15)11-7-8-13(22-3)17(24-5)16(11)23-4/h7-8,19-20H,6,9H2,1-5H3. The molecule has 136 valence electrons. The van der Waals surface area contributed by atoms with Crippen molar-refractivity contribution >= 4 is 5.97 Å². The molecule has 25 heavy (non-hydrogen) atoms. The van der Waals surface area contributed by atoms with E-state index in [0.29, 0.717) is 39.6 Å². The van der Waals surface area contributed by atoms with Gasteiger partial charge in [-0.3, -0.25) is 0 Å². The highest BCUT2D eigenvalue weighted by Crippen LogP contribution is 2.46. The van der Waals surface area contributed by atoms with E-state index >= 15 is 0 Å². The fourth-order valence-electron chi connectivity index (χ4n) is 2.88. The Morgan fingerprint density at radius 3 is 2.32 bits per heavy atom. The summed E-state index contributed by atoms with van der Waals surface area (Å²) in [5.41, 5.74) is 2.73. The highest BCUT2D eigenvalue weighted by atomic mass is 16.5. The topological polar surface area (TPSA) is 90.0 Å². The molecule has 0 bridgehead atoms. The molecule has 1 aromatic heterocycles. The van der Waals surface area contributed by atoms with Crippen molar-refractivity contribution in [2.75, 3.05) is 27.9 Å². The summed E-state index contributed by atoms with van der Waals surface area (Å²) >= 11 is 0. The first-order chi connectivity index (χ1) is 12.0. The predicted octanol–water partition coefficient (Wildman–Crippen LogP) is 2.68. The normalized spacial score (nSPS) is 10.5. The van der Waals surface area contributed by atoms with Crippen LogP contribution in [0.25, 0.3) is 11.1 Å². The Hall–Kier alpha value is -2.67. The Morgan fingerprint density at radius 2 is 1.80 bits per heavy atom. The van der Waals surface area contributed by atoms with Crippen molar-refractivity contribution in [2.45, 2.75) is 20.5 Å². The first-order valence-corrected chi connectivity index (χ1v) is 7.82. The van der Waals surface area contributed by atoms with E-state index in [2.05, 4.69) is 4.98 Å². The summed E-state index contributed by atoms with van der Waals surface area (Å²) in [6, 6.07) is 3.54. The van der Waals surface area contributed by atoms with Gasteiger partial charge in [-0.05, 0) is 26.0 Å². The number of aliphatic hydroxyl groups is 1. The van der Waals surface area contributed by atoms with Crippen LogP contribution >= 0.6 is 0 Å². The number of nitrogens with one attached hydrogen (secondary N) is 1. The molecule has 1 aromatic carbocycles. The third-order valence-electron chi connectivity index (χ3n) is 3.90. The van der Waals surface area contributed by atoms with E-state index in [-0.39, 0.29) is 18.9 Å². The number of aryl methyl sites for hydroxylation is 1. The number of benzene rings is 1. The van der Waals surface area contributed by atoms with Crippen LogP contribution in [0.1, 0.15) is 28.7 Å². The second kappa shape index (κ2) is 7.94. The van der Waals surface area contributed by atoms with Crippen molar-refractivity contribution < 1.29 is 28.8 Å². The zero-order valence-electron chi connectivity index (χ0n) is 15.1. The molecule has 7 heteroatoms. The lowest BCUT2D eigenvalue weighted by atomic mass is 9.99. The van der Waals surface area contributed by atoms with Gasteiger partial charge in [-0.1, -0.05) is 0 Å². The zero-order chi connectivity index (χ0) is 18.6. The van der Waals surface area contributed by atoms with Crippen molar-refractivity contribution in [2.24, 2.45) is 0 Å². The van der Waals surface area contributed by atoms with Crippen LogP contribution < -0.4 is 14.2 Å². The largest absolute Gasteiger partial charge is 0.493 e. The van der Waals surface area contributed by atoms with Crippen LogP contribution in [0.5, 0.6) is 17.2 Å². The number of ether oxygens (including phenoxy) is 4. The van der Waals surface area contributed by atoms with Gasteiger partial charge in [0.25, 0.3) is 0 Å². The Morgan fingerprint density at radius 1 is 1.12 bits per heavy atom. The average molecular weight is 349 g/mol. The fraction of sp³-hybridized carbons (Fsp3) is 0.389. The molecule has 0 spiro atoms. The van der Waals surface area contributed by atoms with Gasteiger partial charge in [0.2, 0.25) is 5.75 Å². The van der Waals surface area contributed by atoms with E-state index in [9.17, 15) is 9.90 Å². The minimum absolute atomic E-state index is 0.230. The number of carbonyl (C=O) groups excluding carboxylic acids is 1. The summed E-state index contributed by atoms with van der Waals surface area (Å²) in [4.78, 5) is 15.2. The number of H-pyrrole nitrogens is 1. The molecule has 7 nitrogen and oxygen atoms in total.